The number of methoxy groups -OCH3 is 1. The minimum absolute atomic E-state index is 0.135. The minimum Gasteiger partial charge on any atom is -0.497 e. The van der Waals surface area contributed by atoms with Crippen molar-refractivity contribution >= 4 is 11.0 Å². The molecule has 0 radical (unpaired) electrons. The second-order valence-electron chi connectivity index (χ2n) is 4.96. The van der Waals surface area contributed by atoms with E-state index in [2.05, 4.69) is 11.8 Å². The average molecular weight is 290 g/mol. The van der Waals surface area contributed by atoms with E-state index >= 15 is 0 Å². The molecular formula is C19H14O3. The van der Waals surface area contributed by atoms with Crippen LogP contribution in [0, 0.1) is 18.8 Å². The highest BCUT2D eigenvalue weighted by molar-refractivity contribution is 5.79. The van der Waals surface area contributed by atoms with E-state index in [-0.39, 0.29) is 5.43 Å². The van der Waals surface area contributed by atoms with Crippen LogP contribution < -0.4 is 10.2 Å². The van der Waals surface area contributed by atoms with Crippen LogP contribution >= 0.6 is 0 Å². The second-order valence-corrected chi connectivity index (χ2v) is 4.96. The van der Waals surface area contributed by atoms with E-state index < -0.39 is 0 Å². The Morgan fingerprint density at radius 3 is 2.73 bits per heavy atom. The summed E-state index contributed by atoms with van der Waals surface area (Å²) < 4.78 is 10.6. The third kappa shape index (κ3) is 2.72. The first kappa shape index (κ1) is 14.0. The molecule has 3 heteroatoms. The zero-order chi connectivity index (χ0) is 15.5. The highest BCUT2D eigenvalue weighted by Gasteiger charge is 2.06. The summed E-state index contributed by atoms with van der Waals surface area (Å²) in [6, 6.07) is 12.9. The third-order valence-electron chi connectivity index (χ3n) is 3.34. The van der Waals surface area contributed by atoms with Crippen molar-refractivity contribution in [3.63, 3.8) is 0 Å². The molecule has 0 unspecified atom stereocenters. The van der Waals surface area contributed by atoms with Crippen LogP contribution in [0.25, 0.3) is 11.0 Å². The van der Waals surface area contributed by atoms with Crippen LogP contribution in [0.2, 0.25) is 0 Å². The van der Waals surface area contributed by atoms with Crippen LogP contribution in [0.15, 0.2) is 57.9 Å². The Kier molecular flexibility index (Phi) is 3.67. The first-order valence-corrected chi connectivity index (χ1v) is 6.85. The lowest BCUT2D eigenvalue weighted by atomic mass is 10.1. The lowest BCUT2D eigenvalue weighted by molar-refractivity contribution is 0.414. The van der Waals surface area contributed by atoms with Gasteiger partial charge in [-0.3, -0.25) is 4.79 Å². The molecule has 22 heavy (non-hydrogen) atoms. The molecule has 108 valence electrons. The minimum atomic E-state index is -0.135. The topological polar surface area (TPSA) is 39.4 Å². The molecule has 0 atom stereocenters. The smallest absolute Gasteiger partial charge is 0.208 e. The molecule has 3 nitrogen and oxygen atoms in total. The monoisotopic (exact) mass is 290 g/mol. The van der Waals surface area contributed by atoms with Crippen LogP contribution in [0.4, 0.5) is 0 Å². The van der Waals surface area contributed by atoms with Gasteiger partial charge in [0.05, 0.1) is 12.5 Å². The predicted octanol–water partition coefficient (Wildman–Crippen LogP) is 3.51. The Labute approximate surface area is 128 Å². The van der Waals surface area contributed by atoms with Gasteiger partial charge in [0.2, 0.25) is 5.43 Å². The van der Waals surface area contributed by atoms with Gasteiger partial charge >= 0.3 is 0 Å². The molecule has 1 aromatic heterocycles. The molecule has 3 rings (SSSR count). The summed E-state index contributed by atoms with van der Waals surface area (Å²) in [6.07, 6.45) is 1.40. The van der Waals surface area contributed by atoms with E-state index in [1.54, 1.807) is 25.3 Å². The molecular weight excluding hydrogens is 276 g/mol. The fraction of sp³-hybridized carbons (Fsp3) is 0.105. The highest BCUT2D eigenvalue weighted by atomic mass is 16.5. The van der Waals surface area contributed by atoms with Gasteiger partial charge in [-0.25, -0.2) is 0 Å². The molecule has 0 saturated heterocycles. The van der Waals surface area contributed by atoms with Crippen LogP contribution in [0.1, 0.15) is 16.7 Å². The number of aryl methyl sites for hydroxylation is 1. The zero-order valence-corrected chi connectivity index (χ0v) is 12.3. The van der Waals surface area contributed by atoms with Crippen LogP contribution in [-0.4, -0.2) is 7.11 Å². The number of hydrogen-bond donors (Lipinski definition) is 0. The van der Waals surface area contributed by atoms with Gasteiger partial charge in [0.15, 0.2) is 0 Å². The molecule has 0 N–H and O–H groups in total. The van der Waals surface area contributed by atoms with Gasteiger partial charge in [-0.05, 0) is 36.8 Å². The first-order valence-electron chi connectivity index (χ1n) is 6.85. The predicted molar refractivity (Wildman–Crippen MR) is 86.2 cm³/mol. The van der Waals surface area contributed by atoms with Crippen LogP contribution in [0.5, 0.6) is 5.75 Å². The van der Waals surface area contributed by atoms with E-state index in [1.807, 2.05) is 31.2 Å². The van der Waals surface area contributed by atoms with E-state index in [1.165, 1.54) is 6.26 Å². The van der Waals surface area contributed by atoms with Crippen molar-refractivity contribution in [2.24, 2.45) is 0 Å². The Morgan fingerprint density at radius 2 is 1.95 bits per heavy atom. The summed E-state index contributed by atoms with van der Waals surface area (Å²) in [5.41, 5.74) is 2.70. The summed E-state index contributed by atoms with van der Waals surface area (Å²) in [6.45, 7) is 2.00. The number of rotatable bonds is 1. The maximum absolute atomic E-state index is 12.4. The summed E-state index contributed by atoms with van der Waals surface area (Å²) in [4.78, 5) is 12.4. The lowest BCUT2D eigenvalue weighted by Gasteiger charge is -2.01. The van der Waals surface area contributed by atoms with E-state index in [4.69, 9.17) is 9.15 Å². The van der Waals surface area contributed by atoms with Gasteiger partial charge in [0.25, 0.3) is 0 Å². The van der Waals surface area contributed by atoms with Crippen molar-refractivity contribution < 1.29 is 9.15 Å². The second kappa shape index (κ2) is 5.79. The van der Waals surface area contributed by atoms with Crippen molar-refractivity contribution in [1.29, 1.82) is 0 Å². The Hall–Kier alpha value is -2.99. The molecule has 0 aliphatic rings. The SMILES string of the molecule is COc1ccc2c(=O)c(C#Cc3cccc(C)c3)coc2c1. The first-order chi connectivity index (χ1) is 10.7. The molecule has 1 heterocycles. The summed E-state index contributed by atoms with van der Waals surface area (Å²) >= 11 is 0. The summed E-state index contributed by atoms with van der Waals surface area (Å²) in [7, 11) is 1.57. The maximum Gasteiger partial charge on any atom is 0.208 e. The van der Waals surface area contributed by atoms with Crippen molar-refractivity contribution in [3.8, 4) is 17.6 Å². The van der Waals surface area contributed by atoms with Gasteiger partial charge in [0.1, 0.15) is 23.2 Å². The number of fused-ring (bicyclic) bond motifs is 1. The zero-order valence-electron chi connectivity index (χ0n) is 12.3. The Bertz CT molecular complexity index is 956. The van der Waals surface area contributed by atoms with Crippen molar-refractivity contribution in [1.82, 2.24) is 0 Å². The molecule has 3 aromatic rings. The van der Waals surface area contributed by atoms with Gasteiger partial charge in [-0.15, -0.1) is 0 Å². The van der Waals surface area contributed by atoms with E-state index in [0.29, 0.717) is 22.3 Å². The molecule has 0 spiro atoms. The van der Waals surface area contributed by atoms with Crippen molar-refractivity contribution in [2.75, 3.05) is 7.11 Å². The Morgan fingerprint density at radius 1 is 1.09 bits per heavy atom. The van der Waals surface area contributed by atoms with Crippen molar-refractivity contribution in [3.05, 3.63) is 75.6 Å². The fourth-order valence-electron chi connectivity index (χ4n) is 2.18. The fourth-order valence-corrected chi connectivity index (χ4v) is 2.18. The van der Waals surface area contributed by atoms with Gasteiger partial charge in [0, 0.05) is 11.6 Å². The number of ether oxygens (including phenoxy) is 1. The standard InChI is InChI=1S/C19H14O3/c1-13-4-3-5-14(10-13)6-7-15-12-22-18-11-16(21-2)8-9-17(18)19(15)20/h3-5,8-12H,1-2H3. The number of benzene rings is 2. The van der Waals surface area contributed by atoms with E-state index in [0.717, 1.165) is 11.1 Å². The largest absolute Gasteiger partial charge is 0.497 e. The highest BCUT2D eigenvalue weighted by Crippen LogP contribution is 2.18. The quantitative estimate of drug-likeness (QED) is 0.644. The van der Waals surface area contributed by atoms with Crippen LogP contribution in [0.3, 0.4) is 0 Å². The molecule has 2 aromatic carbocycles. The van der Waals surface area contributed by atoms with Crippen LogP contribution in [-0.2, 0) is 0 Å². The van der Waals surface area contributed by atoms with Crippen molar-refractivity contribution in [2.45, 2.75) is 6.92 Å². The third-order valence-corrected chi connectivity index (χ3v) is 3.34. The molecule has 0 aliphatic heterocycles. The van der Waals surface area contributed by atoms with Gasteiger partial charge < -0.3 is 9.15 Å². The molecule has 0 bridgehead atoms. The van der Waals surface area contributed by atoms with Gasteiger partial charge in [-0.1, -0.05) is 24.0 Å². The molecule has 0 amide bonds. The van der Waals surface area contributed by atoms with E-state index in [9.17, 15) is 4.79 Å². The number of hydrogen-bond acceptors (Lipinski definition) is 3. The Balaban J connectivity index is 2.06. The summed E-state index contributed by atoms with van der Waals surface area (Å²) in [5.74, 6) is 6.53. The maximum atomic E-state index is 12.4. The normalized spacial score (nSPS) is 10.1. The average Bonchev–Trinajstić information content (AvgIpc) is 2.54. The molecule has 0 fully saturated rings. The lowest BCUT2D eigenvalue weighted by Crippen LogP contribution is -2.05. The molecule has 0 aliphatic carbocycles. The summed E-state index contributed by atoms with van der Waals surface area (Å²) in [5, 5.41) is 0.497. The van der Waals surface area contributed by atoms with Gasteiger partial charge in [-0.2, -0.15) is 0 Å². The molecule has 0 saturated carbocycles.